The van der Waals surface area contributed by atoms with E-state index in [-0.39, 0.29) is 12.5 Å². The minimum atomic E-state index is -0.743. The molecule has 0 spiro atoms. The molecule has 0 saturated carbocycles. The van der Waals surface area contributed by atoms with Crippen LogP contribution in [0.2, 0.25) is 0 Å². The van der Waals surface area contributed by atoms with Crippen LogP contribution in [0.1, 0.15) is 16.2 Å². The van der Waals surface area contributed by atoms with E-state index >= 15 is 0 Å². The molecule has 1 saturated heterocycles. The summed E-state index contributed by atoms with van der Waals surface area (Å²) in [6, 6.07) is 9.51. The quantitative estimate of drug-likeness (QED) is 0.811. The maximum atomic E-state index is 12.8. The second kappa shape index (κ2) is 8.25. The first-order valence-corrected chi connectivity index (χ1v) is 8.51. The Balaban J connectivity index is 1.73. The van der Waals surface area contributed by atoms with Gasteiger partial charge in [-0.15, -0.1) is 0 Å². The van der Waals surface area contributed by atoms with E-state index in [0.717, 1.165) is 5.75 Å². The zero-order valence-corrected chi connectivity index (χ0v) is 15.1. The van der Waals surface area contributed by atoms with Crippen LogP contribution in [0.25, 0.3) is 0 Å². The Bertz CT molecular complexity index is 723. The Hall–Kier alpha value is -2.51. The molecule has 3 rings (SSSR count). The first kappa shape index (κ1) is 18.3. The van der Waals surface area contributed by atoms with E-state index in [1.165, 1.54) is 0 Å². The molecule has 1 aromatic heterocycles. The predicted molar refractivity (Wildman–Crippen MR) is 95.2 cm³/mol. The van der Waals surface area contributed by atoms with Crippen molar-refractivity contribution in [2.45, 2.75) is 12.5 Å². The molecule has 0 radical (unpaired) electrons. The summed E-state index contributed by atoms with van der Waals surface area (Å²) in [5, 5.41) is 0. The summed E-state index contributed by atoms with van der Waals surface area (Å²) in [5.74, 6) is 1.23. The lowest BCUT2D eigenvalue weighted by Gasteiger charge is -2.34. The van der Waals surface area contributed by atoms with Crippen molar-refractivity contribution in [3.05, 3.63) is 54.1 Å². The van der Waals surface area contributed by atoms with Crippen LogP contribution in [-0.2, 0) is 9.47 Å². The van der Waals surface area contributed by atoms with Crippen molar-refractivity contribution < 1.29 is 19.0 Å². The van der Waals surface area contributed by atoms with Gasteiger partial charge in [-0.3, -0.25) is 4.79 Å². The molecule has 7 heteroatoms. The monoisotopic (exact) mass is 357 g/mol. The first-order valence-electron chi connectivity index (χ1n) is 8.51. The highest BCUT2D eigenvalue weighted by Gasteiger charge is 2.38. The highest BCUT2D eigenvalue weighted by Crippen LogP contribution is 2.20. The van der Waals surface area contributed by atoms with Crippen LogP contribution in [0.5, 0.6) is 5.75 Å². The third-order valence-electron chi connectivity index (χ3n) is 4.34. The number of nitrogens with zero attached hydrogens (tertiary/aromatic N) is 3. The third kappa shape index (κ3) is 4.36. The molecular formula is C19H23N3O4. The molecule has 2 heterocycles. The molecule has 26 heavy (non-hydrogen) atoms. The molecule has 0 aliphatic carbocycles. The summed E-state index contributed by atoms with van der Waals surface area (Å²) in [4.78, 5) is 22.8. The molecule has 1 aliphatic heterocycles. The van der Waals surface area contributed by atoms with Crippen LogP contribution in [0.15, 0.2) is 42.7 Å². The average molecular weight is 357 g/mol. The number of amides is 1. The van der Waals surface area contributed by atoms with Gasteiger partial charge in [0.1, 0.15) is 23.8 Å². The number of hydrogen-bond acceptors (Lipinski definition) is 6. The average Bonchev–Trinajstić information content (AvgIpc) is 2.91. The Morgan fingerprint density at radius 1 is 1.27 bits per heavy atom. The van der Waals surface area contributed by atoms with E-state index in [1.54, 1.807) is 31.3 Å². The van der Waals surface area contributed by atoms with E-state index < -0.39 is 5.60 Å². The summed E-state index contributed by atoms with van der Waals surface area (Å²) < 4.78 is 17.3. The van der Waals surface area contributed by atoms with Crippen molar-refractivity contribution >= 4 is 5.91 Å². The van der Waals surface area contributed by atoms with Gasteiger partial charge in [-0.1, -0.05) is 18.2 Å². The zero-order valence-electron chi connectivity index (χ0n) is 15.1. The van der Waals surface area contributed by atoms with E-state index in [1.807, 2.05) is 30.3 Å². The topological polar surface area (TPSA) is 73.8 Å². The summed E-state index contributed by atoms with van der Waals surface area (Å²) in [5.41, 5.74) is -0.292. The number of aromatic nitrogens is 2. The molecule has 0 bridgehead atoms. The van der Waals surface area contributed by atoms with E-state index in [4.69, 9.17) is 14.2 Å². The highest BCUT2D eigenvalue weighted by atomic mass is 16.6. The molecular weight excluding hydrogens is 334 g/mol. The van der Waals surface area contributed by atoms with Gasteiger partial charge in [0, 0.05) is 26.0 Å². The van der Waals surface area contributed by atoms with Crippen LogP contribution in [-0.4, -0.2) is 66.4 Å². The Morgan fingerprint density at radius 2 is 2.00 bits per heavy atom. The fourth-order valence-corrected chi connectivity index (χ4v) is 2.77. The third-order valence-corrected chi connectivity index (χ3v) is 4.34. The number of benzene rings is 1. The second-order valence-corrected chi connectivity index (χ2v) is 6.29. The SMILES string of the molecule is CO[C@@]1(COc2ccccc2)COCCN(C(=O)c2cnc(C)nc2)C1. The molecule has 1 aliphatic rings. The fraction of sp³-hybridized carbons (Fsp3) is 0.421. The van der Waals surface area contributed by atoms with Gasteiger partial charge < -0.3 is 19.1 Å². The Labute approximate surface area is 152 Å². The number of methoxy groups -OCH3 is 1. The molecule has 1 fully saturated rings. The lowest BCUT2D eigenvalue weighted by Crippen LogP contribution is -2.51. The largest absolute Gasteiger partial charge is 0.490 e. The van der Waals surface area contributed by atoms with Crippen LogP contribution < -0.4 is 4.74 Å². The number of hydrogen-bond donors (Lipinski definition) is 0. The number of ether oxygens (including phenoxy) is 3. The normalized spacial score (nSPS) is 20.5. The van der Waals surface area contributed by atoms with E-state index in [0.29, 0.717) is 37.7 Å². The second-order valence-electron chi connectivity index (χ2n) is 6.29. The molecule has 1 amide bonds. The fourth-order valence-electron chi connectivity index (χ4n) is 2.77. The van der Waals surface area contributed by atoms with Crippen molar-refractivity contribution in [1.82, 2.24) is 14.9 Å². The minimum Gasteiger partial charge on any atom is -0.490 e. The van der Waals surface area contributed by atoms with Crippen LogP contribution in [0, 0.1) is 6.92 Å². The van der Waals surface area contributed by atoms with Gasteiger partial charge in [-0.2, -0.15) is 0 Å². The number of carbonyl (C=O) groups excluding carboxylic acids is 1. The molecule has 2 aromatic rings. The van der Waals surface area contributed by atoms with Crippen molar-refractivity contribution in [2.24, 2.45) is 0 Å². The van der Waals surface area contributed by atoms with Crippen molar-refractivity contribution in [3.63, 3.8) is 0 Å². The maximum absolute atomic E-state index is 12.8. The Morgan fingerprint density at radius 3 is 2.69 bits per heavy atom. The van der Waals surface area contributed by atoms with Gasteiger partial charge in [0.05, 0.1) is 25.3 Å². The number of para-hydroxylation sites is 1. The smallest absolute Gasteiger partial charge is 0.257 e. The molecule has 1 aromatic carbocycles. The molecule has 0 N–H and O–H groups in total. The number of rotatable bonds is 5. The molecule has 1 atom stereocenters. The minimum absolute atomic E-state index is 0.142. The summed E-state index contributed by atoms with van der Waals surface area (Å²) in [6.07, 6.45) is 3.09. The summed E-state index contributed by atoms with van der Waals surface area (Å²) >= 11 is 0. The van der Waals surface area contributed by atoms with Crippen molar-refractivity contribution in [2.75, 3.05) is 40.0 Å². The van der Waals surface area contributed by atoms with Crippen LogP contribution in [0.4, 0.5) is 0 Å². The zero-order chi connectivity index (χ0) is 18.4. The standard InChI is InChI=1S/C19H23N3O4/c1-15-20-10-16(11-21-15)18(23)22-8-9-25-13-19(12-22,24-2)14-26-17-6-4-3-5-7-17/h3-7,10-11H,8-9,12-14H2,1-2H3/t19-/m1/s1. The molecule has 0 unspecified atom stereocenters. The maximum Gasteiger partial charge on any atom is 0.257 e. The van der Waals surface area contributed by atoms with Gasteiger partial charge in [0.2, 0.25) is 0 Å². The lowest BCUT2D eigenvalue weighted by molar-refractivity contribution is -0.0898. The van der Waals surface area contributed by atoms with E-state index in [2.05, 4.69) is 9.97 Å². The van der Waals surface area contributed by atoms with E-state index in [9.17, 15) is 4.79 Å². The Kier molecular flexibility index (Phi) is 5.80. The highest BCUT2D eigenvalue weighted by molar-refractivity contribution is 5.93. The van der Waals surface area contributed by atoms with Gasteiger partial charge in [-0.05, 0) is 19.1 Å². The van der Waals surface area contributed by atoms with Gasteiger partial charge in [0.25, 0.3) is 5.91 Å². The summed E-state index contributed by atoms with van der Waals surface area (Å²) in [6.45, 7) is 3.69. The van der Waals surface area contributed by atoms with Gasteiger partial charge in [0.15, 0.2) is 0 Å². The van der Waals surface area contributed by atoms with Gasteiger partial charge in [-0.25, -0.2) is 9.97 Å². The van der Waals surface area contributed by atoms with Crippen LogP contribution >= 0.6 is 0 Å². The first-order chi connectivity index (χ1) is 12.6. The predicted octanol–water partition coefficient (Wildman–Crippen LogP) is 1.72. The number of carbonyl (C=O) groups is 1. The van der Waals surface area contributed by atoms with Crippen LogP contribution in [0.3, 0.4) is 0 Å². The molecule has 138 valence electrons. The summed E-state index contributed by atoms with van der Waals surface area (Å²) in [7, 11) is 1.61. The van der Waals surface area contributed by atoms with Crippen molar-refractivity contribution in [1.29, 1.82) is 0 Å². The van der Waals surface area contributed by atoms with Crippen molar-refractivity contribution in [3.8, 4) is 5.75 Å². The van der Waals surface area contributed by atoms with Gasteiger partial charge >= 0.3 is 0 Å². The lowest BCUT2D eigenvalue weighted by atomic mass is 10.1. The number of aryl methyl sites for hydroxylation is 1. The molecule has 7 nitrogen and oxygen atoms in total.